The summed E-state index contributed by atoms with van der Waals surface area (Å²) in [6.07, 6.45) is 3.39. The fraction of sp³-hybridized carbons (Fsp3) is 0.0370. The van der Waals surface area contributed by atoms with Crippen LogP contribution in [0.15, 0.2) is 97.3 Å². The van der Waals surface area contributed by atoms with Gasteiger partial charge in [0.05, 0.1) is 16.8 Å². The van der Waals surface area contributed by atoms with Gasteiger partial charge in [0.15, 0.2) is 11.6 Å². The fourth-order valence-electron chi connectivity index (χ4n) is 3.65. The number of phenols is 2. The van der Waals surface area contributed by atoms with Gasteiger partial charge in [-0.15, -0.1) is 5.10 Å². The molecule has 0 unspecified atom stereocenters. The van der Waals surface area contributed by atoms with Crippen molar-refractivity contribution in [2.24, 2.45) is 0 Å². The van der Waals surface area contributed by atoms with Crippen molar-refractivity contribution in [1.82, 2.24) is 25.1 Å². The van der Waals surface area contributed by atoms with Crippen LogP contribution in [0.4, 0.5) is 0 Å². The summed E-state index contributed by atoms with van der Waals surface area (Å²) in [5.41, 5.74) is 2.99. The average Bonchev–Trinajstić information content (AvgIpc) is 3.33. The van der Waals surface area contributed by atoms with E-state index < -0.39 is 0 Å². The molecule has 0 fully saturated rings. The zero-order chi connectivity index (χ0) is 24.2. The van der Waals surface area contributed by atoms with Crippen LogP contribution >= 0.6 is 0 Å². The third kappa shape index (κ3) is 4.58. The lowest BCUT2D eigenvalue weighted by Crippen LogP contribution is -2.22. The summed E-state index contributed by atoms with van der Waals surface area (Å²) in [4.78, 5) is 21.3. The number of hydrogen-bond acceptors (Lipinski definition) is 6. The van der Waals surface area contributed by atoms with E-state index in [1.54, 1.807) is 89.9 Å². The zero-order valence-corrected chi connectivity index (χ0v) is 18.5. The molecule has 0 aliphatic rings. The number of aromatic hydroxyl groups is 2. The smallest absolute Gasteiger partial charge is 0.251 e. The fourth-order valence-corrected chi connectivity index (χ4v) is 3.65. The van der Waals surface area contributed by atoms with Gasteiger partial charge in [0, 0.05) is 24.5 Å². The van der Waals surface area contributed by atoms with E-state index in [1.165, 1.54) is 0 Å². The van der Waals surface area contributed by atoms with Gasteiger partial charge >= 0.3 is 0 Å². The summed E-state index contributed by atoms with van der Waals surface area (Å²) in [7, 11) is 0. The minimum Gasteiger partial charge on any atom is -0.507 e. The first kappa shape index (κ1) is 21.8. The van der Waals surface area contributed by atoms with Gasteiger partial charge in [0.2, 0.25) is 0 Å². The van der Waals surface area contributed by atoms with Crippen molar-refractivity contribution in [3.8, 4) is 40.0 Å². The molecule has 3 N–H and O–H groups in total. The van der Waals surface area contributed by atoms with Crippen molar-refractivity contribution < 1.29 is 15.0 Å². The second kappa shape index (κ2) is 9.48. The molecule has 0 aliphatic carbocycles. The van der Waals surface area contributed by atoms with Crippen LogP contribution in [0, 0.1) is 0 Å². The third-order valence-corrected chi connectivity index (χ3v) is 5.45. The Balaban J connectivity index is 1.48. The van der Waals surface area contributed by atoms with E-state index in [2.05, 4.69) is 20.4 Å². The molecule has 1 amide bonds. The number of nitrogens with zero attached hydrogens (tertiary/aromatic N) is 4. The molecule has 0 saturated heterocycles. The molecule has 5 rings (SSSR count). The molecule has 5 aromatic rings. The van der Waals surface area contributed by atoms with E-state index in [0.29, 0.717) is 40.6 Å². The maximum absolute atomic E-state index is 12.6. The number of benzene rings is 3. The van der Waals surface area contributed by atoms with Gasteiger partial charge in [-0.1, -0.05) is 30.3 Å². The largest absolute Gasteiger partial charge is 0.507 e. The Labute approximate surface area is 201 Å². The lowest BCUT2D eigenvalue weighted by Gasteiger charge is -2.09. The number of aromatic nitrogens is 4. The van der Waals surface area contributed by atoms with Gasteiger partial charge in [-0.25, -0.2) is 9.67 Å². The Morgan fingerprint density at radius 2 is 1.51 bits per heavy atom. The van der Waals surface area contributed by atoms with Crippen molar-refractivity contribution >= 4 is 5.91 Å². The molecule has 0 spiro atoms. The van der Waals surface area contributed by atoms with Gasteiger partial charge in [0.1, 0.15) is 11.5 Å². The minimum atomic E-state index is -0.213. The van der Waals surface area contributed by atoms with Gasteiger partial charge in [-0.3, -0.25) is 9.78 Å². The van der Waals surface area contributed by atoms with Crippen LogP contribution in [0.5, 0.6) is 11.5 Å². The molecule has 3 aromatic carbocycles. The Kier molecular flexibility index (Phi) is 5.92. The first-order chi connectivity index (χ1) is 17.1. The van der Waals surface area contributed by atoms with Crippen molar-refractivity contribution in [3.05, 3.63) is 108 Å². The highest BCUT2D eigenvalue weighted by Crippen LogP contribution is 2.33. The molecule has 8 heteroatoms. The first-order valence-corrected chi connectivity index (χ1v) is 10.9. The lowest BCUT2D eigenvalue weighted by molar-refractivity contribution is 0.0951. The topological polar surface area (TPSA) is 113 Å². The number of carbonyl (C=O) groups excluding carboxylic acids is 1. The third-order valence-electron chi connectivity index (χ3n) is 5.45. The van der Waals surface area contributed by atoms with E-state index in [0.717, 1.165) is 5.56 Å². The summed E-state index contributed by atoms with van der Waals surface area (Å²) >= 11 is 0. The lowest BCUT2D eigenvalue weighted by atomic mass is 10.1. The normalized spacial score (nSPS) is 10.7. The first-order valence-electron chi connectivity index (χ1n) is 10.9. The molecule has 0 aliphatic heterocycles. The van der Waals surface area contributed by atoms with Gasteiger partial charge in [0.25, 0.3) is 5.91 Å². The standard InChI is InChI=1S/C27H21N5O3/c33-23-9-3-1-7-21(23)25-30-26(22-8-2-4-10-24(22)34)32(31-25)20-13-11-19(12-14-20)27(35)29-17-18-6-5-15-28-16-18/h1-16,33-34H,17H2,(H,29,35). The van der Waals surface area contributed by atoms with E-state index >= 15 is 0 Å². The summed E-state index contributed by atoms with van der Waals surface area (Å²) < 4.78 is 1.58. The number of para-hydroxylation sites is 2. The molecule has 0 saturated carbocycles. The van der Waals surface area contributed by atoms with Crippen LogP contribution in [0.3, 0.4) is 0 Å². The molecular weight excluding hydrogens is 442 g/mol. The molecule has 8 nitrogen and oxygen atoms in total. The SMILES string of the molecule is O=C(NCc1cccnc1)c1ccc(-n2nc(-c3ccccc3O)nc2-c2ccccc2O)cc1. The van der Waals surface area contributed by atoms with Crippen molar-refractivity contribution in [2.75, 3.05) is 0 Å². The summed E-state index contributed by atoms with van der Waals surface area (Å²) in [5, 5.41) is 28.2. The molecule has 0 radical (unpaired) electrons. The number of carbonyl (C=O) groups is 1. The van der Waals surface area contributed by atoms with E-state index in [-0.39, 0.29) is 17.4 Å². The second-order valence-electron chi connectivity index (χ2n) is 7.80. The molecule has 2 heterocycles. The van der Waals surface area contributed by atoms with Crippen molar-refractivity contribution in [1.29, 1.82) is 0 Å². The predicted octanol–water partition coefficient (Wildman–Crippen LogP) is 4.34. The van der Waals surface area contributed by atoms with Crippen LogP contribution in [0.1, 0.15) is 15.9 Å². The van der Waals surface area contributed by atoms with Crippen molar-refractivity contribution in [3.63, 3.8) is 0 Å². The Morgan fingerprint density at radius 3 is 2.17 bits per heavy atom. The Bertz CT molecular complexity index is 1480. The molecule has 0 atom stereocenters. The monoisotopic (exact) mass is 463 g/mol. The molecular formula is C27H21N5O3. The maximum Gasteiger partial charge on any atom is 0.251 e. The van der Waals surface area contributed by atoms with Gasteiger partial charge < -0.3 is 15.5 Å². The highest BCUT2D eigenvalue weighted by atomic mass is 16.3. The number of pyridine rings is 1. The highest BCUT2D eigenvalue weighted by molar-refractivity contribution is 5.94. The van der Waals surface area contributed by atoms with Crippen molar-refractivity contribution in [2.45, 2.75) is 6.54 Å². The number of phenolic OH excluding ortho intramolecular Hbond substituents is 2. The number of rotatable bonds is 6. The summed E-state index contributed by atoms with van der Waals surface area (Å²) in [6.45, 7) is 0.374. The van der Waals surface area contributed by atoms with Gasteiger partial charge in [-0.05, 0) is 60.2 Å². The molecule has 172 valence electrons. The second-order valence-corrected chi connectivity index (χ2v) is 7.80. The van der Waals surface area contributed by atoms with Crippen LogP contribution in [0.2, 0.25) is 0 Å². The molecule has 35 heavy (non-hydrogen) atoms. The Morgan fingerprint density at radius 1 is 0.829 bits per heavy atom. The zero-order valence-electron chi connectivity index (χ0n) is 18.5. The predicted molar refractivity (Wildman–Crippen MR) is 131 cm³/mol. The number of amides is 1. The van der Waals surface area contributed by atoms with E-state index in [9.17, 15) is 15.0 Å². The quantitative estimate of drug-likeness (QED) is 0.345. The number of hydrogen-bond donors (Lipinski definition) is 3. The van der Waals surface area contributed by atoms with E-state index in [1.807, 2.05) is 12.1 Å². The van der Waals surface area contributed by atoms with Crippen LogP contribution < -0.4 is 5.32 Å². The van der Waals surface area contributed by atoms with Crippen LogP contribution in [0.25, 0.3) is 28.5 Å². The summed E-state index contributed by atoms with van der Waals surface area (Å²) in [5.74, 6) is 0.593. The molecule has 2 aromatic heterocycles. The van der Waals surface area contributed by atoms with Crippen LogP contribution in [-0.4, -0.2) is 35.9 Å². The maximum atomic E-state index is 12.6. The van der Waals surface area contributed by atoms with Crippen LogP contribution in [-0.2, 0) is 6.54 Å². The number of nitrogens with one attached hydrogen (secondary N) is 1. The average molecular weight is 463 g/mol. The van der Waals surface area contributed by atoms with E-state index in [4.69, 9.17) is 0 Å². The van der Waals surface area contributed by atoms with Gasteiger partial charge in [-0.2, -0.15) is 0 Å². The Hall–Kier alpha value is -4.98. The molecule has 0 bridgehead atoms. The highest BCUT2D eigenvalue weighted by Gasteiger charge is 2.19. The summed E-state index contributed by atoms with van der Waals surface area (Å²) in [6, 6.07) is 24.2. The minimum absolute atomic E-state index is 0.0501.